The summed E-state index contributed by atoms with van der Waals surface area (Å²) in [4.78, 5) is 32.7. The molecule has 0 bridgehead atoms. The molecule has 0 radical (unpaired) electrons. The van der Waals surface area contributed by atoms with Gasteiger partial charge in [0.15, 0.2) is 6.10 Å². The van der Waals surface area contributed by atoms with Crippen LogP contribution in [0.3, 0.4) is 0 Å². The van der Waals surface area contributed by atoms with Crippen molar-refractivity contribution in [1.29, 1.82) is 0 Å². The van der Waals surface area contributed by atoms with Gasteiger partial charge in [-0.15, -0.1) is 5.10 Å². The minimum Gasteiger partial charge on any atom is -0.448 e. The summed E-state index contributed by atoms with van der Waals surface area (Å²) >= 11 is 0. The van der Waals surface area contributed by atoms with Crippen molar-refractivity contribution in [3.05, 3.63) is 58.9 Å². The Balaban J connectivity index is 1.78. The Labute approximate surface area is 142 Å². The van der Waals surface area contributed by atoms with Crippen molar-refractivity contribution in [2.24, 2.45) is 0 Å². The Bertz CT molecular complexity index is 966. The van der Waals surface area contributed by atoms with Crippen LogP contribution in [0.15, 0.2) is 30.3 Å². The first-order chi connectivity index (χ1) is 11.8. The smallest absolute Gasteiger partial charge is 0.379 e. The van der Waals surface area contributed by atoms with E-state index in [2.05, 4.69) is 15.1 Å². The fourth-order valence-corrected chi connectivity index (χ4v) is 2.37. The normalized spacial score (nSPS) is 12.2. The molecule has 2 aromatic heterocycles. The van der Waals surface area contributed by atoms with Gasteiger partial charge >= 0.3 is 5.97 Å². The van der Waals surface area contributed by atoms with Gasteiger partial charge in [-0.2, -0.15) is 4.98 Å². The van der Waals surface area contributed by atoms with Crippen molar-refractivity contribution < 1.29 is 18.7 Å². The van der Waals surface area contributed by atoms with E-state index in [1.54, 1.807) is 6.07 Å². The number of ketones is 1. The van der Waals surface area contributed by atoms with Gasteiger partial charge in [0, 0.05) is 17.0 Å². The molecule has 3 rings (SSSR count). The van der Waals surface area contributed by atoms with E-state index in [0.717, 1.165) is 11.4 Å². The summed E-state index contributed by atoms with van der Waals surface area (Å²) in [6.07, 6.45) is -1.06. The van der Waals surface area contributed by atoms with Crippen molar-refractivity contribution in [2.45, 2.75) is 26.9 Å². The quantitative estimate of drug-likeness (QED) is 0.534. The van der Waals surface area contributed by atoms with Gasteiger partial charge in [0.05, 0.1) is 0 Å². The number of fused-ring (bicyclic) bond motifs is 1. The molecule has 1 aromatic carbocycles. The van der Waals surface area contributed by atoms with Crippen LogP contribution in [0.25, 0.3) is 5.78 Å². The molecule has 0 aliphatic rings. The highest BCUT2D eigenvalue weighted by molar-refractivity contribution is 6.00. The van der Waals surface area contributed by atoms with Crippen LogP contribution in [0.1, 0.15) is 39.3 Å². The summed E-state index contributed by atoms with van der Waals surface area (Å²) in [6.45, 7) is 5.06. The van der Waals surface area contributed by atoms with Gasteiger partial charge in [0.1, 0.15) is 5.82 Å². The monoisotopic (exact) mass is 342 g/mol. The van der Waals surface area contributed by atoms with Gasteiger partial charge in [0.2, 0.25) is 5.78 Å². The molecule has 0 spiro atoms. The number of ether oxygens (including phenoxy) is 1. The first-order valence-corrected chi connectivity index (χ1v) is 7.57. The lowest BCUT2D eigenvalue weighted by molar-refractivity contribution is 0.0307. The zero-order valence-electron chi connectivity index (χ0n) is 13.9. The highest BCUT2D eigenvalue weighted by atomic mass is 19.1. The van der Waals surface area contributed by atoms with Crippen molar-refractivity contribution in [1.82, 2.24) is 19.6 Å². The standard InChI is InChI=1S/C17H15FN4O3/c1-9-8-10(2)22-17(19-9)20-15(21-22)16(24)25-11(3)14(23)12-4-6-13(18)7-5-12/h4-8,11H,1-3H3/t11-/m0/s1. The predicted molar refractivity (Wildman–Crippen MR) is 85.9 cm³/mol. The number of halogens is 1. The number of rotatable bonds is 4. The fourth-order valence-electron chi connectivity index (χ4n) is 2.37. The number of hydrogen-bond acceptors (Lipinski definition) is 6. The molecule has 128 valence electrons. The van der Waals surface area contributed by atoms with Crippen LogP contribution in [0, 0.1) is 19.7 Å². The molecule has 7 nitrogen and oxygen atoms in total. The van der Waals surface area contributed by atoms with Gasteiger partial charge in [-0.05, 0) is 51.1 Å². The Kier molecular flexibility index (Phi) is 4.26. The molecular weight excluding hydrogens is 327 g/mol. The summed E-state index contributed by atoms with van der Waals surface area (Å²) in [6, 6.07) is 6.81. The van der Waals surface area contributed by atoms with Crippen molar-refractivity contribution >= 4 is 17.5 Å². The van der Waals surface area contributed by atoms with E-state index in [1.165, 1.54) is 35.7 Å². The van der Waals surface area contributed by atoms with E-state index in [0.29, 0.717) is 0 Å². The van der Waals surface area contributed by atoms with Crippen LogP contribution >= 0.6 is 0 Å². The topological polar surface area (TPSA) is 86.5 Å². The third kappa shape index (κ3) is 3.37. The molecule has 0 unspecified atom stereocenters. The number of carbonyl (C=O) groups is 2. The molecule has 25 heavy (non-hydrogen) atoms. The predicted octanol–water partition coefficient (Wildman–Crippen LogP) is 2.31. The highest BCUT2D eigenvalue weighted by Crippen LogP contribution is 2.11. The van der Waals surface area contributed by atoms with Crippen LogP contribution in [0.5, 0.6) is 0 Å². The number of nitrogens with zero attached hydrogens (tertiary/aromatic N) is 4. The molecule has 0 aliphatic carbocycles. The number of esters is 1. The van der Waals surface area contributed by atoms with Crippen LogP contribution in [-0.2, 0) is 4.74 Å². The number of Topliss-reactive ketones (excluding diaryl/α,β-unsaturated/α-hetero) is 1. The van der Waals surface area contributed by atoms with Crippen molar-refractivity contribution in [2.75, 3.05) is 0 Å². The molecule has 3 aromatic rings. The van der Waals surface area contributed by atoms with Crippen LogP contribution in [-0.4, -0.2) is 37.4 Å². The van der Waals surface area contributed by atoms with Gasteiger partial charge in [-0.25, -0.2) is 18.7 Å². The summed E-state index contributed by atoms with van der Waals surface area (Å²) in [5, 5.41) is 4.06. The number of aromatic nitrogens is 4. The maximum absolute atomic E-state index is 12.9. The molecule has 0 saturated heterocycles. The zero-order valence-corrected chi connectivity index (χ0v) is 13.9. The lowest BCUT2D eigenvalue weighted by atomic mass is 10.1. The molecule has 8 heteroatoms. The summed E-state index contributed by atoms with van der Waals surface area (Å²) < 4.78 is 19.5. The van der Waals surface area contributed by atoms with Gasteiger partial charge < -0.3 is 4.74 Å². The van der Waals surface area contributed by atoms with Crippen molar-refractivity contribution in [3.8, 4) is 0 Å². The molecule has 0 fully saturated rings. The lowest BCUT2D eigenvalue weighted by Gasteiger charge is -2.10. The molecule has 0 aliphatic heterocycles. The molecule has 1 atom stereocenters. The summed E-state index contributed by atoms with van der Waals surface area (Å²) in [7, 11) is 0. The minimum absolute atomic E-state index is 0.181. The Morgan fingerprint density at radius 3 is 2.52 bits per heavy atom. The van der Waals surface area contributed by atoms with E-state index >= 15 is 0 Å². The second-order valence-corrected chi connectivity index (χ2v) is 5.60. The zero-order chi connectivity index (χ0) is 18.1. The van der Waals surface area contributed by atoms with Crippen LogP contribution < -0.4 is 0 Å². The first kappa shape index (κ1) is 16.7. The average molecular weight is 342 g/mol. The highest BCUT2D eigenvalue weighted by Gasteiger charge is 2.23. The first-order valence-electron chi connectivity index (χ1n) is 7.57. The Morgan fingerprint density at radius 1 is 1.16 bits per heavy atom. The molecule has 2 heterocycles. The summed E-state index contributed by atoms with van der Waals surface area (Å²) in [5.74, 6) is -1.62. The minimum atomic E-state index is -1.06. The Hall–Kier alpha value is -3.16. The second-order valence-electron chi connectivity index (χ2n) is 5.60. The van der Waals surface area contributed by atoms with E-state index in [9.17, 15) is 14.0 Å². The Morgan fingerprint density at radius 2 is 1.84 bits per heavy atom. The third-order valence-electron chi connectivity index (χ3n) is 3.58. The second kappa shape index (κ2) is 6.39. The van der Waals surface area contributed by atoms with E-state index < -0.39 is 23.7 Å². The molecule has 0 amide bonds. The number of benzene rings is 1. The van der Waals surface area contributed by atoms with E-state index in [4.69, 9.17) is 4.74 Å². The fraction of sp³-hybridized carbons (Fsp3) is 0.235. The maximum atomic E-state index is 12.9. The average Bonchev–Trinajstić information content (AvgIpc) is 2.99. The van der Waals surface area contributed by atoms with Crippen LogP contribution in [0.4, 0.5) is 4.39 Å². The lowest BCUT2D eigenvalue weighted by Crippen LogP contribution is -2.25. The van der Waals surface area contributed by atoms with Gasteiger partial charge in [-0.3, -0.25) is 4.79 Å². The SMILES string of the molecule is Cc1cc(C)n2nc(C(=O)O[C@@H](C)C(=O)c3ccc(F)cc3)nc2n1. The molecule has 0 N–H and O–H groups in total. The summed E-state index contributed by atoms with van der Waals surface area (Å²) in [5.41, 5.74) is 1.76. The van der Waals surface area contributed by atoms with E-state index in [-0.39, 0.29) is 17.2 Å². The van der Waals surface area contributed by atoms with E-state index in [1.807, 2.05) is 13.8 Å². The largest absolute Gasteiger partial charge is 0.448 e. The van der Waals surface area contributed by atoms with Gasteiger partial charge in [-0.1, -0.05) is 0 Å². The number of aryl methyl sites for hydroxylation is 2. The number of carbonyl (C=O) groups excluding carboxylic acids is 2. The third-order valence-corrected chi connectivity index (χ3v) is 3.58. The molecular formula is C17H15FN4O3. The maximum Gasteiger partial charge on any atom is 0.379 e. The number of hydrogen-bond donors (Lipinski definition) is 0. The van der Waals surface area contributed by atoms with Crippen molar-refractivity contribution in [3.63, 3.8) is 0 Å². The van der Waals surface area contributed by atoms with Gasteiger partial charge in [0.25, 0.3) is 11.6 Å². The molecule has 0 saturated carbocycles. The van der Waals surface area contributed by atoms with Crippen LogP contribution in [0.2, 0.25) is 0 Å².